The van der Waals surface area contributed by atoms with Gasteiger partial charge in [0.25, 0.3) is 0 Å². The molecule has 0 aromatic carbocycles. The van der Waals surface area contributed by atoms with E-state index in [0.29, 0.717) is 12.3 Å². The van der Waals surface area contributed by atoms with Crippen LogP contribution in [0.25, 0.3) is 0 Å². The van der Waals surface area contributed by atoms with Gasteiger partial charge in [-0.05, 0) is 12.8 Å². The molecular weight excluding hydrogens is 150 g/mol. The Morgan fingerprint density at radius 1 is 1.50 bits per heavy atom. The Bertz CT molecular complexity index is 171. The van der Waals surface area contributed by atoms with Crippen LogP contribution in [0.5, 0.6) is 0 Å². The summed E-state index contributed by atoms with van der Waals surface area (Å²) in [4.78, 5) is 11.1. The van der Waals surface area contributed by atoms with Crippen molar-refractivity contribution in [1.29, 1.82) is 0 Å². The Morgan fingerprint density at radius 3 is 2.50 bits per heavy atom. The van der Waals surface area contributed by atoms with Gasteiger partial charge in [-0.25, -0.2) is 0 Å². The largest absolute Gasteiger partial charge is 0.390 e. The normalized spacial score (nSPS) is 11.9. The summed E-state index contributed by atoms with van der Waals surface area (Å²) >= 11 is 0. The van der Waals surface area contributed by atoms with Crippen LogP contribution in [0, 0.1) is 5.92 Å². The highest BCUT2D eigenvalue weighted by Gasteiger charge is 1.99. The maximum absolute atomic E-state index is 11.1. The van der Waals surface area contributed by atoms with Crippen LogP contribution in [-0.4, -0.2) is 12.3 Å². The molecule has 0 bridgehead atoms. The van der Waals surface area contributed by atoms with Crippen molar-refractivity contribution in [1.82, 2.24) is 5.32 Å². The number of nitrogens with one attached hydrogen (secondary N) is 1. The fourth-order valence-electron chi connectivity index (χ4n) is 0.807. The van der Waals surface area contributed by atoms with E-state index in [1.54, 1.807) is 0 Å². The lowest BCUT2D eigenvalue weighted by Crippen LogP contribution is -2.14. The molecule has 1 N–H and O–H groups in total. The molecule has 0 amide bonds. The molecular formula is C10H19NO. The third-order valence-electron chi connectivity index (χ3n) is 1.61. The zero-order valence-corrected chi connectivity index (χ0v) is 8.48. The molecule has 0 heterocycles. The van der Waals surface area contributed by atoms with Gasteiger partial charge < -0.3 is 5.32 Å². The van der Waals surface area contributed by atoms with Crippen LogP contribution >= 0.6 is 0 Å². The quantitative estimate of drug-likeness (QED) is 0.639. The van der Waals surface area contributed by atoms with Gasteiger partial charge in [0.05, 0.1) is 0 Å². The molecule has 2 heteroatoms. The van der Waals surface area contributed by atoms with Crippen LogP contribution in [0.3, 0.4) is 0 Å². The molecule has 0 aromatic rings. The fourth-order valence-corrected chi connectivity index (χ4v) is 0.807. The van der Waals surface area contributed by atoms with Crippen molar-refractivity contribution in [3.63, 3.8) is 0 Å². The molecule has 0 rings (SSSR count). The first kappa shape index (κ1) is 11.2. The molecule has 70 valence electrons. The minimum absolute atomic E-state index is 0.214. The van der Waals surface area contributed by atoms with Crippen LogP contribution in [0.2, 0.25) is 0 Å². The van der Waals surface area contributed by atoms with Gasteiger partial charge >= 0.3 is 0 Å². The van der Waals surface area contributed by atoms with Crippen LogP contribution in [-0.2, 0) is 4.79 Å². The van der Waals surface area contributed by atoms with Gasteiger partial charge in [0.1, 0.15) is 0 Å². The summed E-state index contributed by atoms with van der Waals surface area (Å²) in [6.07, 6.45) is 2.40. The van der Waals surface area contributed by atoms with Crippen molar-refractivity contribution >= 4 is 5.78 Å². The smallest absolute Gasteiger partial charge is 0.159 e. The van der Waals surface area contributed by atoms with Crippen molar-refractivity contribution in [2.75, 3.05) is 6.54 Å². The number of hydrogen-bond acceptors (Lipinski definition) is 2. The first-order chi connectivity index (χ1) is 5.57. The summed E-state index contributed by atoms with van der Waals surface area (Å²) < 4.78 is 0. The molecule has 0 spiro atoms. The predicted octanol–water partition coefficient (Wildman–Crippen LogP) is 2.11. The van der Waals surface area contributed by atoms with E-state index in [2.05, 4.69) is 19.2 Å². The zero-order chi connectivity index (χ0) is 9.56. The van der Waals surface area contributed by atoms with E-state index < -0.39 is 0 Å². The molecule has 0 saturated heterocycles. The molecule has 0 aromatic heterocycles. The van der Waals surface area contributed by atoms with Crippen molar-refractivity contribution < 1.29 is 4.79 Å². The second-order valence-electron chi connectivity index (χ2n) is 3.41. The highest BCUT2D eigenvalue weighted by atomic mass is 16.1. The SMILES string of the molecule is CCC(=O)/C(C)=C/NCC(C)C. The Hall–Kier alpha value is -0.790. The zero-order valence-electron chi connectivity index (χ0n) is 8.48. The number of hydrogen-bond donors (Lipinski definition) is 1. The average Bonchev–Trinajstić information content (AvgIpc) is 2.02. The number of rotatable bonds is 5. The average molecular weight is 169 g/mol. The summed E-state index contributed by atoms with van der Waals surface area (Å²) in [7, 11) is 0. The number of allylic oxidation sites excluding steroid dienone is 1. The fraction of sp³-hybridized carbons (Fsp3) is 0.700. The van der Waals surface area contributed by atoms with Crippen molar-refractivity contribution in [2.24, 2.45) is 5.92 Å². The number of carbonyl (C=O) groups is 1. The van der Waals surface area contributed by atoms with Crippen LogP contribution < -0.4 is 5.32 Å². The second kappa shape index (κ2) is 5.81. The highest BCUT2D eigenvalue weighted by Crippen LogP contribution is 1.96. The van der Waals surface area contributed by atoms with E-state index in [1.807, 2.05) is 20.0 Å². The van der Waals surface area contributed by atoms with Gasteiger partial charge in [0, 0.05) is 24.7 Å². The van der Waals surface area contributed by atoms with E-state index in [-0.39, 0.29) is 5.78 Å². The van der Waals surface area contributed by atoms with Gasteiger partial charge in [-0.1, -0.05) is 20.8 Å². The maximum Gasteiger partial charge on any atom is 0.159 e. The lowest BCUT2D eigenvalue weighted by molar-refractivity contribution is -0.115. The van der Waals surface area contributed by atoms with Gasteiger partial charge in [-0.15, -0.1) is 0 Å². The topological polar surface area (TPSA) is 29.1 Å². The Kier molecular flexibility index (Phi) is 5.43. The van der Waals surface area contributed by atoms with E-state index in [4.69, 9.17) is 0 Å². The minimum atomic E-state index is 0.214. The Balaban J connectivity index is 3.76. The van der Waals surface area contributed by atoms with Crippen LogP contribution in [0.4, 0.5) is 0 Å². The summed E-state index contributed by atoms with van der Waals surface area (Å²) in [6, 6.07) is 0. The first-order valence-electron chi connectivity index (χ1n) is 4.51. The molecule has 0 saturated carbocycles. The first-order valence-corrected chi connectivity index (χ1v) is 4.51. The van der Waals surface area contributed by atoms with Gasteiger partial charge in [0.15, 0.2) is 5.78 Å². The highest BCUT2D eigenvalue weighted by molar-refractivity contribution is 5.94. The third kappa shape index (κ3) is 4.94. The van der Waals surface area contributed by atoms with Gasteiger partial charge in [-0.2, -0.15) is 0 Å². The summed E-state index contributed by atoms with van der Waals surface area (Å²) in [5.41, 5.74) is 0.818. The molecule has 0 aliphatic rings. The van der Waals surface area contributed by atoms with Crippen molar-refractivity contribution in [3.05, 3.63) is 11.8 Å². The maximum atomic E-state index is 11.1. The molecule has 0 unspecified atom stereocenters. The lowest BCUT2D eigenvalue weighted by Gasteiger charge is -2.04. The van der Waals surface area contributed by atoms with Crippen LogP contribution in [0.1, 0.15) is 34.1 Å². The molecule has 2 nitrogen and oxygen atoms in total. The number of carbonyl (C=O) groups excluding carboxylic acids is 1. The van der Waals surface area contributed by atoms with Crippen LogP contribution in [0.15, 0.2) is 11.8 Å². The summed E-state index contributed by atoms with van der Waals surface area (Å²) in [5.74, 6) is 0.831. The number of ketones is 1. The minimum Gasteiger partial charge on any atom is -0.390 e. The van der Waals surface area contributed by atoms with Crippen molar-refractivity contribution in [3.8, 4) is 0 Å². The standard InChI is InChI=1S/C10H19NO/c1-5-10(12)9(4)7-11-6-8(2)3/h7-8,11H,5-6H2,1-4H3/b9-7+. The Labute approximate surface area is 75.0 Å². The summed E-state index contributed by atoms with van der Waals surface area (Å²) in [5, 5.41) is 3.12. The van der Waals surface area contributed by atoms with Gasteiger partial charge in [-0.3, -0.25) is 4.79 Å². The molecule has 0 atom stereocenters. The van der Waals surface area contributed by atoms with Gasteiger partial charge in [0.2, 0.25) is 0 Å². The monoisotopic (exact) mass is 169 g/mol. The van der Waals surface area contributed by atoms with E-state index in [0.717, 1.165) is 12.1 Å². The third-order valence-corrected chi connectivity index (χ3v) is 1.61. The molecule has 0 radical (unpaired) electrons. The molecule has 0 aliphatic carbocycles. The predicted molar refractivity (Wildman–Crippen MR) is 51.9 cm³/mol. The van der Waals surface area contributed by atoms with E-state index in [1.165, 1.54) is 0 Å². The summed E-state index contributed by atoms with van der Waals surface area (Å²) in [6.45, 7) is 8.92. The second-order valence-corrected chi connectivity index (χ2v) is 3.41. The lowest BCUT2D eigenvalue weighted by atomic mass is 10.1. The molecule has 0 fully saturated rings. The van der Waals surface area contributed by atoms with E-state index in [9.17, 15) is 4.79 Å². The van der Waals surface area contributed by atoms with Crippen molar-refractivity contribution in [2.45, 2.75) is 34.1 Å². The Morgan fingerprint density at radius 2 is 2.08 bits per heavy atom. The number of Topliss-reactive ketones (excluding diaryl/α,β-unsaturated/α-hetero) is 1. The molecule has 12 heavy (non-hydrogen) atoms. The van der Waals surface area contributed by atoms with E-state index >= 15 is 0 Å². The molecule has 0 aliphatic heterocycles.